The van der Waals surface area contributed by atoms with Gasteiger partial charge in [-0.1, -0.05) is 0 Å². The maximum atomic E-state index is 12.2. The first-order valence-electron chi connectivity index (χ1n) is 7.23. The molecule has 2 N–H and O–H groups in total. The molecule has 1 fully saturated rings. The minimum atomic E-state index is -0.0494. The van der Waals surface area contributed by atoms with E-state index in [1.807, 2.05) is 16.7 Å². The molecule has 0 radical (unpaired) electrons. The monoisotopic (exact) mass is 283 g/mol. The van der Waals surface area contributed by atoms with Crippen molar-refractivity contribution in [1.29, 1.82) is 0 Å². The fraction of sp³-hybridized carbons (Fsp3) is 0.400. The van der Waals surface area contributed by atoms with E-state index in [-0.39, 0.29) is 5.56 Å². The molecule has 108 valence electrons. The first-order chi connectivity index (χ1) is 10.2. The second kappa shape index (κ2) is 4.58. The normalized spacial score (nSPS) is 23.7. The van der Waals surface area contributed by atoms with E-state index in [0.29, 0.717) is 17.5 Å². The minimum Gasteiger partial charge on any atom is -0.394 e. The Hall–Kier alpha value is -2.37. The molecule has 0 unspecified atom stereocenters. The maximum absolute atomic E-state index is 12.2. The standard InChI is InChI=1S/C15H17N5O/c16-12-2-3-13-11-6-10(8-20(13)14(12)21)7-19(9-11)15-17-4-1-5-18-15/h1-5,10-11H,6-9,16H2/t10-,11-/m1/s1. The highest BCUT2D eigenvalue weighted by Crippen LogP contribution is 2.36. The van der Waals surface area contributed by atoms with Crippen LogP contribution in [0, 0.1) is 5.92 Å². The number of piperidine rings is 1. The molecular weight excluding hydrogens is 266 g/mol. The van der Waals surface area contributed by atoms with Crippen LogP contribution in [0.15, 0.2) is 35.4 Å². The Balaban J connectivity index is 1.71. The predicted octanol–water partition coefficient (Wildman–Crippen LogP) is 0.844. The van der Waals surface area contributed by atoms with Gasteiger partial charge in [-0.15, -0.1) is 0 Å². The molecule has 2 aromatic rings. The number of fused-ring (bicyclic) bond motifs is 4. The number of nitrogen functional groups attached to an aromatic ring is 1. The van der Waals surface area contributed by atoms with Crippen LogP contribution in [0.25, 0.3) is 0 Å². The van der Waals surface area contributed by atoms with Gasteiger partial charge in [0.1, 0.15) is 0 Å². The molecule has 0 saturated carbocycles. The van der Waals surface area contributed by atoms with Gasteiger partial charge in [0, 0.05) is 43.6 Å². The zero-order chi connectivity index (χ0) is 14.4. The van der Waals surface area contributed by atoms with Crippen LogP contribution in [-0.4, -0.2) is 27.6 Å². The molecule has 0 aromatic carbocycles. The smallest absolute Gasteiger partial charge is 0.273 e. The second-order valence-electron chi connectivity index (χ2n) is 5.88. The van der Waals surface area contributed by atoms with Crippen molar-refractivity contribution in [2.24, 2.45) is 5.92 Å². The number of aromatic nitrogens is 3. The van der Waals surface area contributed by atoms with Crippen LogP contribution in [0.3, 0.4) is 0 Å². The quantitative estimate of drug-likeness (QED) is 0.839. The molecule has 4 rings (SSSR count). The molecule has 4 heterocycles. The Kier molecular flexibility index (Phi) is 2.70. The first kappa shape index (κ1) is 12.4. The van der Waals surface area contributed by atoms with Gasteiger partial charge in [0.15, 0.2) is 0 Å². The number of nitrogens with zero attached hydrogens (tertiary/aromatic N) is 4. The van der Waals surface area contributed by atoms with E-state index in [4.69, 9.17) is 5.73 Å². The average molecular weight is 283 g/mol. The van der Waals surface area contributed by atoms with E-state index in [9.17, 15) is 4.79 Å². The highest BCUT2D eigenvalue weighted by molar-refractivity contribution is 5.39. The van der Waals surface area contributed by atoms with E-state index < -0.39 is 0 Å². The van der Waals surface area contributed by atoms with Gasteiger partial charge in [-0.2, -0.15) is 0 Å². The summed E-state index contributed by atoms with van der Waals surface area (Å²) in [6.45, 7) is 2.48. The highest BCUT2D eigenvalue weighted by Gasteiger charge is 2.35. The Morgan fingerprint density at radius 3 is 2.76 bits per heavy atom. The molecule has 0 spiro atoms. The van der Waals surface area contributed by atoms with Gasteiger partial charge in [0.2, 0.25) is 5.95 Å². The number of nitrogens with two attached hydrogens (primary N) is 1. The summed E-state index contributed by atoms with van der Waals surface area (Å²) in [6, 6.07) is 5.55. The van der Waals surface area contributed by atoms with Gasteiger partial charge in [-0.05, 0) is 30.5 Å². The zero-order valence-corrected chi connectivity index (χ0v) is 11.6. The molecule has 2 bridgehead atoms. The van der Waals surface area contributed by atoms with Gasteiger partial charge in [-0.25, -0.2) is 9.97 Å². The van der Waals surface area contributed by atoms with Gasteiger partial charge in [-0.3, -0.25) is 4.79 Å². The lowest BCUT2D eigenvalue weighted by Gasteiger charge is -2.42. The van der Waals surface area contributed by atoms with E-state index >= 15 is 0 Å². The Bertz CT molecular complexity index is 727. The Morgan fingerprint density at radius 1 is 1.14 bits per heavy atom. The molecular formula is C15H17N5O. The Labute approximate surface area is 122 Å². The van der Waals surface area contributed by atoms with E-state index in [2.05, 4.69) is 14.9 Å². The summed E-state index contributed by atoms with van der Waals surface area (Å²) in [5.41, 5.74) is 7.12. The van der Waals surface area contributed by atoms with E-state index in [0.717, 1.165) is 37.7 Å². The van der Waals surface area contributed by atoms with Crippen molar-refractivity contribution in [3.63, 3.8) is 0 Å². The summed E-state index contributed by atoms with van der Waals surface area (Å²) < 4.78 is 1.86. The average Bonchev–Trinajstić information content (AvgIpc) is 2.52. The minimum absolute atomic E-state index is 0.0494. The van der Waals surface area contributed by atoms with Crippen molar-refractivity contribution in [2.75, 3.05) is 23.7 Å². The van der Waals surface area contributed by atoms with Crippen molar-refractivity contribution >= 4 is 11.6 Å². The van der Waals surface area contributed by atoms with Gasteiger partial charge >= 0.3 is 0 Å². The van der Waals surface area contributed by atoms with Gasteiger partial charge in [0.25, 0.3) is 5.56 Å². The number of hydrogen-bond acceptors (Lipinski definition) is 5. The third-order valence-corrected chi connectivity index (χ3v) is 4.47. The molecule has 2 aromatic heterocycles. The van der Waals surface area contributed by atoms with E-state index in [1.165, 1.54) is 0 Å². The third-order valence-electron chi connectivity index (χ3n) is 4.47. The summed E-state index contributed by atoms with van der Waals surface area (Å²) in [7, 11) is 0. The SMILES string of the molecule is Nc1ccc2n(c1=O)C[C@@H]1C[C@@H]2CN(c2ncccn2)C1. The van der Waals surface area contributed by atoms with Crippen LogP contribution in [0.5, 0.6) is 0 Å². The zero-order valence-electron chi connectivity index (χ0n) is 11.6. The fourth-order valence-corrected chi connectivity index (χ4v) is 3.58. The van der Waals surface area contributed by atoms with Crippen molar-refractivity contribution in [3.05, 3.63) is 46.6 Å². The molecule has 0 amide bonds. The van der Waals surface area contributed by atoms with Gasteiger partial charge in [0.05, 0.1) is 5.69 Å². The summed E-state index contributed by atoms with van der Waals surface area (Å²) >= 11 is 0. The van der Waals surface area contributed by atoms with Crippen molar-refractivity contribution in [1.82, 2.24) is 14.5 Å². The van der Waals surface area contributed by atoms with Crippen LogP contribution in [0.2, 0.25) is 0 Å². The van der Waals surface area contributed by atoms with Crippen LogP contribution < -0.4 is 16.2 Å². The molecule has 6 nitrogen and oxygen atoms in total. The third kappa shape index (κ3) is 1.98. The molecule has 2 atom stereocenters. The van der Waals surface area contributed by atoms with Crippen LogP contribution in [-0.2, 0) is 6.54 Å². The molecule has 2 aliphatic heterocycles. The summed E-state index contributed by atoms with van der Waals surface area (Å²) in [4.78, 5) is 23.1. The fourth-order valence-electron chi connectivity index (χ4n) is 3.58. The summed E-state index contributed by atoms with van der Waals surface area (Å²) in [5, 5.41) is 0. The number of pyridine rings is 1. The lowest BCUT2D eigenvalue weighted by Crippen LogP contribution is -2.47. The summed E-state index contributed by atoms with van der Waals surface area (Å²) in [5.74, 6) is 1.56. The van der Waals surface area contributed by atoms with Crippen LogP contribution in [0.4, 0.5) is 11.6 Å². The van der Waals surface area contributed by atoms with Gasteiger partial charge < -0.3 is 15.2 Å². The Morgan fingerprint density at radius 2 is 1.95 bits per heavy atom. The highest BCUT2D eigenvalue weighted by atomic mass is 16.1. The first-order valence-corrected chi connectivity index (χ1v) is 7.23. The van der Waals surface area contributed by atoms with E-state index in [1.54, 1.807) is 18.5 Å². The molecule has 6 heteroatoms. The molecule has 2 aliphatic rings. The largest absolute Gasteiger partial charge is 0.394 e. The summed E-state index contributed by atoms with van der Waals surface area (Å²) in [6.07, 6.45) is 4.66. The number of hydrogen-bond donors (Lipinski definition) is 1. The molecule has 1 saturated heterocycles. The van der Waals surface area contributed by atoms with Crippen molar-refractivity contribution < 1.29 is 0 Å². The number of anilines is 2. The molecule has 0 aliphatic carbocycles. The lowest BCUT2D eigenvalue weighted by atomic mass is 9.83. The lowest BCUT2D eigenvalue weighted by molar-refractivity contribution is 0.280. The maximum Gasteiger partial charge on any atom is 0.273 e. The van der Waals surface area contributed by atoms with Crippen LogP contribution in [0.1, 0.15) is 18.0 Å². The number of rotatable bonds is 1. The topological polar surface area (TPSA) is 77.0 Å². The van der Waals surface area contributed by atoms with Crippen LogP contribution >= 0.6 is 0 Å². The predicted molar refractivity (Wildman–Crippen MR) is 80.2 cm³/mol. The van der Waals surface area contributed by atoms with Crippen molar-refractivity contribution in [3.8, 4) is 0 Å². The van der Waals surface area contributed by atoms with Crippen molar-refractivity contribution in [2.45, 2.75) is 18.9 Å². The molecule has 21 heavy (non-hydrogen) atoms. The second-order valence-corrected chi connectivity index (χ2v) is 5.88.